The van der Waals surface area contributed by atoms with E-state index in [0.717, 1.165) is 22.1 Å². The molecule has 0 spiro atoms. The molecule has 0 saturated carbocycles. The quantitative estimate of drug-likeness (QED) is 0.776. The van der Waals surface area contributed by atoms with Gasteiger partial charge in [0.25, 0.3) is 0 Å². The summed E-state index contributed by atoms with van der Waals surface area (Å²) in [5.74, 6) is 0.826. The largest absolute Gasteiger partial charge is 0.497 e. The Morgan fingerprint density at radius 1 is 1.15 bits per heavy atom. The van der Waals surface area contributed by atoms with Crippen molar-refractivity contribution in [2.24, 2.45) is 0 Å². The molecule has 0 aliphatic carbocycles. The number of fused-ring (bicyclic) bond motifs is 1. The maximum absolute atomic E-state index is 11.4. The number of amides is 2. The van der Waals surface area contributed by atoms with E-state index in [-0.39, 0.29) is 19.2 Å². The number of methoxy groups -OCH3 is 1. The van der Waals surface area contributed by atoms with Gasteiger partial charge in [0.2, 0.25) is 0 Å². The minimum Gasteiger partial charge on any atom is -0.497 e. The summed E-state index contributed by atoms with van der Waals surface area (Å²) < 4.78 is 5.18. The molecule has 5 heteroatoms. The lowest BCUT2D eigenvalue weighted by molar-refractivity contribution is 0.234. The third kappa shape index (κ3) is 3.61. The average molecular weight is 274 g/mol. The van der Waals surface area contributed by atoms with Crippen molar-refractivity contribution in [2.75, 3.05) is 20.3 Å². The van der Waals surface area contributed by atoms with Crippen LogP contribution in [-0.4, -0.2) is 31.4 Å². The summed E-state index contributed by atoms with van der Waals surface area (Å²) in [5.41, 5.74) is 1.02. The molecule has 2 rings (SSSR count). The zero-order valence-corrected chi connectivity index (χ0v) is 11.3. The fourth-order valence-corrected chi connectivity index (χ4v) is 1.92. The number of rotatable bonds is 5. The van der Waals surface area contributed by atoms with Crippen LogP contribution in [0.4, 0.5) is 4.79 Å². The van der Waals surface area contributed by atoms with E-state index >= 15 is 0 Å². The van der Waals surface area contributed by atoms with Crippen LogP contribution in [0.15, 0.2) is 36.4 Å². The number of carbonyl (C=O) groups is 1. The lowest BCUT2D eigenvalue weighted by Gasteiger charge is -2.08. The highest BCUT2D eigenvalue weighted by Crippen LogP contribution is 2.21. The molecule has 0 saturated heterocycles. The summed E-state index contributed by atoms with van der Waals surface area (Å²) in [6, 6.07) is 11.6. The van der Waals surface area contributed by atoms with Crippen molar-refractivity contribution in [1.82, 2.24) is 10.6 Å². The molecular formula is C15H18N2O3. The Morgan fingerprint density at radius 2 is 1.90 bits per heavy atom. The number of aliphatic hydroxyl groups is 1. The van der Waals surface area contributed by atoms with Gasteiger partial charge < -0.3 is 20.5 Å². The van der Waals surface area contributed by atoms with E-state index in [4.69, 9.17) is 9.84 Å². The van der Waals surface area contributed by atoms with E-state index in [1.54, 1.807) is 7.11 Å². The molecule has 20 heavy (non-hydrogen) atoms. The molecule has 2 aromatic rings. The van der Waals surface area contributed by atoms with E-state index < -0.39 is 0 Å². The number of hydrogen-bond donors (Lipinski definition) is 3. The fraction of sp³-hybridized carbons (Fsp3) is 0.267. The van der Waals surface area contributed by atoms with Crippen molar-refractivity contribution in [2.45, 2.75) is 6.54 Å². The molecule has 0 aromatic heterocycles. The number of hydrogen-bond acceptors (Lipinski definition) is 3. The molecule has 2 amide bonds. The SMILES string of the molecule is COc1ccc2cc(CNC(=O)NCCO)ccc2c1. The summed E-state index contributed by atoms with van der Waals surface area (Å²) in [6.45, 7) is 0.633. The van der Waals surface area contributed by atoms with Crippen LogP contribution in [-0.2, 0) is 6.54 Å². The second kappa shape index (κ2) is 6.77. The van der Waals surface area contributed by atoms with Gasteiger partial charge in [-0.2, -0.15) is 0 Å². The third-order valence-electron chi connectivity index (χ3n) is 2.96. The first-order valence-corrected chi connectivity index (χ1v) is 6.42. The molecule has 0 heterocycles. The van der Waals surface area contributed by atoms with Crippen molar-refractivity contribution < 1.29 is 14.6 Å². The van der Waals surface area contributed by atoms with Crippen LogP contribution in [0.1, 0.15) is 5.56 Å². The van der Waals surface area contributed by atoms with Gasteiger partial charge in [-0.15, -0.1) is 0 Å². The lowest BCUT2D eigenvalue weighted by Crippen LogP contribution is -2.36. The van der Waals surface area contributed by atoms with Gasteiger partial charge >= 0.3 is 6.03 Å². The first-order valence-electron chi connectivity index (χ1n) is 6.42. The smallest absolute Gasteiger partial charge is 0.315 e. The Balaban J connectivity index is 2.03. The monoisotopic (exact) mass is 274 g/mol. The molecule has 0 bridgehead atoms. The molecule has 0 aliphatic heterocycles. The molecule has 0 aliphatic rings. The Morgan fingerprint density at radius 3 is 2.65 bits per heavy atom. The highest BCUT2D eigenvalue weighted by Gasteiger charge is 2.01. The van der Waals surface area contributed by atoms with Gasteiger partial charge in [0.15, 0.2) is 0 Å². The number of benzene rings is 2. The van der Waals surface area contributed by atoms with Gasteiger partial charge in [-0.1, -0.05) is 18.2 Å². The lowest BCUT2D eigenvalue weighted by atomic mass is 10.1. The second-order valence-corrected chi connectivity index (χ2v) is 4.38. The van der Waals surface area contributed by atoms with Crippen LogP contribution < -0.4 is 15.4 Å². The van der Waals surface area contributed by atoms with E-state index in [2.05, 4.69) is 10.6 Å². The van der Waals surface area contributed by atoms with E-state index in [9.17, 15) is 4.79 Å². The first-order chi connectivity index (χ1) is 9.72. The molecule has 0 atom stereocenters. The number of urea groups is 1. The molecular weight excluding hydrogens is 256 g/mol. The van der Waals surface area contributed by atoms with E-state index in [1.165, 1.54) is 0 Å². The van der Waals surface area contributed by atoms with Gasteiger partial charge in [-0.25, -0.2) is 4.79 Å². The predicted molar refractivity (Wildman–Crippen MR) is 77.8 cm³/mol. The molecule has 5 nitrogen and oxygen atoms in total. The summed E-state index contributed by atoms with van der Waals surface area (Å²) >= 11 is 0. The first kappa shape index (κ1) is 14.1. The van der Waals surface area contributed by atoms with Gasteiger partial charge in [0, 0.05) is 13.1 Å². The summed E-state index contributed by atoms with van der Waals surface area (Å²) in [5, 5.41) is 16.1. The molecule has 0 fully saturated rings. The minimum absolute atomic E-state index is 0.0643. The van der Waals surface area contributed by atoms with Crippen LogP contribution in [0.3, 0.4) is 0 Å². The van der Waals surface area contributed by atoms with Crippen molar-refractivity contribution in [3.05, 3.63) is 42.0 Å². The number of aliphatic hydroxyl groups excluding tert-OH is 1. The van der Waals surface area contributed by atoms with Gasteiger partial charge in [0.1, 0.15) is 5.75 Å². The predicted octanol–water partition coefficient (Wildman–Crippen LogP) is 1.64. The molecule has 2 aromatic carbocycles. The molecule has 0 unspecified atom stereocenters. The third-order valence-corrected chi connectivity index (χ3v) is 2.96. The maximum atomic E-state index is 11.4. The van der Waals surface area contributed by atoms with Gasteiger partial charge in [-0.3, -0.25) is 0 Å². The average Bonchev–Trinajstić information content (AvgIpc) is 2.50. The Bertz CT molecular complexity index is 599. The van der Waals surface area contributed by atoms with Crippen molar-refractivity contribution >= 4 is 16.8 Å². The van der Waals surface area contributed by atoms with Crippen LogP contribution >= 0.6 is 0 Å². The summed E-state index contributed by atoms with van der Waals surface area (Å²) in [4.78, 5) is 11.4. The van der Waals surface area contributed by atoms with Crippen molar-refractivity contribution in [3.8, 4) is 5.75 Å². The topological polar surface area (TPSA) is 70.6 Å². The Hall–Kier alpha value is -2.27. The van der Waals surface area contributed by atoms with Crippen LogP contribution in [0.25, 0.3) is 10.8 Å². The highest BCUT2D eigenvalue weighted by molar-refractivity contribution is 5.84. The van der Waals surface area contributed by atoms with E-state index in [0.29, 0.717) is 6.54 Å². The Kier molecular flexibility index (Phi) is 4.79. The van der Waals surface area contributed by atoms with Gasteiger partial charge in [0.05, 0.1) is 13.7 Å². The number of nitrogens with one attached hydrogen (secondary N) is 2. The van der Waals surface area contributed by atoms with Crippen molar-refractivity contribution in [1.29, 1.82) is 0 Å². The number of ether oxygens (including phenoxy) is 1. The van der Waals surface area contributed by atoms with E-state index in [1.807, 2.05) is 36.4 Å². The standard InChI is InChI=1S/C15H18N2O3/c1-20-14-5-4-12-8-11(2-3-13(12)9-14)10-17-15(19)16-6-7-18/h2-5,8-9,18H,6-7,10H2,1H3,(H2,16,17,19). The molecule has 106 valence electrons. The molecule has 3 N–H and O–H groups in total. The van der Waals surface area contributed by atoms with Crippen LogP contribution in [0.2, 0.25) is 0 Å². The molecule has 0 radical (unpaired) electrons. The second-order valence-electron chi connectivity index (χ2n) is 4.38. The Labute approximate surface area is 117 Å². The zero-order chi connectivity index (χ0) is 14.4. The minimum atomic E-state index is -0.283. The highest BCUT2D eigenvalue weighted by atomic mass is 16.5. The summed E-state index contributed by atoms with van der Waals surface area (Å²) in [6.07, 6.45) is 0. The van der Waals surface area contributed by atoms with Crippen molar-refractivity contribution in [3.63, 3.8) is 0 Å². The fourth-order valence-electron chi connectivity index (χ4n) is 1.92. The van der Waals surface area contributed by atoms with Crippen LogP contribution in [0, 0.1) is 0 Å². The van der Waals surface area contributed by atoms with Crippen LogP contribution in [0.5, 0.6) is 5.75 Å². The van der Waals surface area contributed by atoms with Gasteiger partial charge in [-0.05, 0) is 34.5 Å². The normalized spacial score (nSPS) is 10.3. The summed E-state index contributed by atoms with van der Waals surface area (Å²) in [7, 11) is 1.64. The zero-order valence-electron chi connectivity index (χ0n) is 11.3. The maximum Gasteiger partial charge on any atom is 0.315 e. The number of carbonyl (C=O) groups excluding carboxylic acids is 1.